The summed E-state index contributed by atoms with van der Waals surface area (Å²) in [7, 11) is 0. The van der Waals surface area contributed by atoms with Crippen LogP contribution in [0.4, 0.5) is 5.69 Å². The molecule has 84 valence electrons. The molecule has 0 aliphatic carbocycles. The first-order valence-corrected chi connectivity index (χ1v) is 5.38. The van der Waals surface area contributed by atoms with Crippen LogP contribution in [0.3, 0.4) is 0 Å². The van der Waals surface area contributed by atoms with Gasteiger partial charge in [-0.25, -0.2) is 4.98 Å². The Kier molecular flexibility index (Phi) is 3.07. The van der Waals surface area contributed by atoms with Gasteiger partial charge in [0.2, 0.25) is 0 Å². The van der Waals surface area contributed by atoms with E-state index in [4.69, 9.17) is 5.26 Å². The topological polar surface area (TPSA) is 95.6 Å². The van der Waals surface area contributed by atoms with E-state index in [9.17, 15) is 10.1 Å². The average molecular weight is 246 g/mol. The first kappa shape index (κ1) is 11.2. The number of nitro benzene ring substituents is 1. The normalized spacial score (nSPS) is 9.82. The molecule has 0 saturated carbocycles. The molecule has 0 unspecified atom stereocenters. The molecule has 0 spiro atoms. The highest BCUT2D eigenvalue weighted by molar-refractivity contribution is 7.99. The number of benzene rings is 1. The lowest BCUT2D eigenvalue weighted by Gasteiger charge is -1.99. The maximum Gasteiger partial charge on any atom is 0.287 e. The van der Waals surface area contributed by atoms with E-state index in [1.165, 1.54) is 23.9 Å². The fraction of sp³-hybridized carbons (Fsp3) is 0. The Labute approximate surface area is 100 Å². The van der Waals surface area contributed by atoms with Gasteiger partial charge in [-0.2, -0.15) is 5.26 Å². The molecule has 0 fully saturated rings. The summed E-state index contributed by atoms with van der Waals surface area (Å²) in [6.45, 7) is 0. The molecule has 0 aliphatic rings. The van der Waals surface area contributed by atoms with E-state index in [-0.39, 0.29) is 11.3 Å². The first-order valence-electron chi connectivity index (χ1n) is 4.56. The van der Waals surface area contributed by atoms with Crippen LogP contribution in [0.2, 0.25) is 0 Å². The third-order valence-corrected chi connectivity index (χ3v) is 2.88. The molecule has 1 aromatic heterocycles. The van der Waals surface area contributed by atoms with Crippen LogP contribution in [0.15, 0.2) is 40.6 Å². The fourth-order valence-corrected chi connectivity index (χ4v) is 2.02. The highest BCUT2D eigenvalue weighted by atomic mass is 32.2. The predicted octanol–water partition coefficient (Wildman–Crippen LogP) is 2.34. The number of H-pyrrole nitrogens is 1. The van der Waals surface area contributed by atoms with Crippen LogP contribution in [0.1, 0.15) is 5.56 Å². The number of aromatic nitrogens is 2. The lowest BCUT2D eigenvalue weighted by Crippen LogP contribution is -1.92. The summed E-state index contributed by atoms with van der Waals surface area (Å²) < 4.78 is 0. The van der Waals surface area contributed by atoms with Crippen molar-refractivity contribution in [3.05, 3.63) is 46.3 Å². The number of hydrogen-bond donors (Lipinski definition) is 1. The molecule has 0 radical (unpaired) electrons. The molecule has 2 aromatic rings. The van der Waals surface area contributed by atoms with Gasteiger partial charge in [-0.05, 0) is 12.1 Å². The number of nitro groups is 1. The molecule has 2 rings (SSSR count). The van der Waals surface area contributed by atoms with Crippen LogP contribution in [0.25, 0.3) is 0 Å². The highest BCUT2D eigenvalue weighted by Gasteiger charge is 2.14. The van der Waals surface area contributed by atoms with E-state index in [1.807, 2.05) is 6.07 Å². The molecule has 17 heavy (non-hydrogen) atoms. The number of rotatable bonds is 3. The summed E-state index contributed by atoms with van der Waals surface area (Å²) in [4.78, 5) is 17.7. The Balaban J connectivity index is 2.33. The molecule has 0 aliphatic heterocycles. The van der Waals surface area contributed by atoms with Gasteiger partial charge in [0.25, 0.3) is 5.69 Å². The Bertz CT molecular complexity index is 589. The first-order chi connectivity index (χ1) is 8.20. The van der Waals surface area contributed by atoms with Gasteiger partial charge in [0.05, 0.1) is 4.92 Å². The van der Waals surface area contributed by atoms with Crippen molar-refractivity contribution in [3.8, 4) is 6.07 Å². The third-order valence-electron chi connectivity index (χ3n) is 1.97. The van der Waals surface area contributed by atoms with Crippen LogP contribution in [-0.4, -0.2) is 14.9 Å². The minimum absolute atomic E-state index is 0.0477. The predicted molar refractivity (Wildman–Crippen MR) is 60.5 cm³/mol. The maximum absolute atomic E-state index is 10.6. The molecule has 1 aromatic carbocycles. The second kappa shape index (κ2) is 4.67. The van der Waals surface area contributed by atoms with Crippen LogP contribution in [0.5, 0.6) is 0 Å². The lowest BCUT2D eigenvalue weighted by atomic mass is 10.2. The van der Waals surface area contributed by atoms with Gasteiger partial charge in [0.1, 0.15) is 11.6 Å². The Morgan fingerprint density at radius 1 is 1.53 bits per heavy atom. The summed E-state index contributed by atoms with van der Waals surface area (Å²) in [6.07, 6.45) is 3.29. The SMILES string of the molecule is N#Cc1cc(Sc2ncc[nH]2)ccc1[N+](=O)[O-]. The monoisotopic (exact) mass is 246 g/mol. The molecule has 0 saturated heterocycles. The molecule has 7 heteroatoms. The Morgan fingerprint density at radius 3 is 2.94 bits per heavy atom. The van der Waals surface area contributed by atoms with Crippen molar-refractivity contribution < 1.29 is 4.92 Å². The fourth-order valence-electron chi connectivity index (χ4n) is 1.25. The van der Waals surface area contributed by atoms with Crippen LogP contribution >= 0.6 is 11.8 Å². The smallest absolute Gasteiger partial charge is 0.287 e. The summed E-state index contributed by atoms with van der Waals surface area (Å²) in [5, 5.41) is 20.1. The molecular formula is C10H6N4O2S. The van der Waals surface area contributed by atoms with Gasteiger partial charge in [0, 0.05) is 23.4 Å². The summed E-state index contributed by atoms with van der Waals surface area (Å²) >= 11 is 1.30. The zero-order valence-electron chi connectivity index (χ0n) is 8.45. The van der Waals surface area contributed by atoms with Gasteiger partial charge < -0.3 is 4.98 Å². The molecule has 0 atom stereocenters. The molecule has 0 amide bonds. The van der Waals surface area contributed by atoms with Gasteiger partial charge in [0.15, 0.2) is 5.16 Å². The standard InChI is InChI=1S/C10H6N4O2S/c11-6-7-5-8(1-2-9(7)14(15)16)17-10-12-3-4-13-10/h1-5H,(H,12,13). The lowest BCUT2D eigenvalue weighted by molar-refractivity contribution is -0.385. The van der Waals surface area contributed by atoms with Gasteiger partial charge in [-0.1, -0.05) is 11.8 Å². The van der Waals surface area contributed by atoms with Gasteiger partial charge >= 0.3 is 0 Å². The number of nitriles is 1. The molecule has 0 bridgehead atoms. The Morgan fingerprint density at radius 2 is 2.35 bits per heavy atom. The zero-order chi connectivity index (χ0) is 12.3. The van der Waals surface area contributed by atoms with E-state index < -0.39 is 4.92 Å². The maximum atomic E-state index is 10.6. The van der Waals surface area contributed by atoms with Crippen molar-refractivity contribution in [2.24, 2.45) is 0 Å². The number of hydrogen-bond acceptors (Lipinski definition) is 5. The van der Waals surface area contributed by atoms with Crippen molar-refractivity contribution >= 4 is 17.4 Å². The molecular weight excluding hydrogens is 240 g/mol. The number of nitrogens with one attached hydrogen (secondary N) is 1. The largest absolute Gasteiger partial charge is 0.339 e. The number of imidazole rings is 1. The second-order valence-corrected chi connectivity index (χ2v) is 4.11. The average Bonchev–Trinajstić information content (AvgIpc) is 2.81. The van der Waals surface area contributed by atoms with Crippen molar-refractivity contribution in [1.82, 2.24) is 9.97 Å². The summed E-state index contributed by atoms with van der Waals surface area (Å²) in [5.74, 6) is 0. The van der Waals surface area contributed by atoms with E-state index in [1.54, 1.807) is 18.5 Å². The highest BCUT2D eigenvalue weighted by Crippen LogP contribution is 2.28. The zero-order valence-corrected chi connectivity index (χ0v) is 9.27. The van der Waals surface area contributed by atoms with Gasteiger partial charge in [-0.15, -0.1) is 0 Å². The van der Waals surface area contributed by atoms with Crippen LogP contribution in [-0.2, 0) is 0 Å². The minimum Gasteiger partial charge on any atom is -0.339 e. The van der Waals surface area contributed by atoms with E-state index in [0.29, 0.717) is 5.16 Å². The van der Waals surface area contributed by atoms with Crippen molar-refractivity contribution in [1.29, 1.82) is 5.26 Å². The van der Waals surface area contributed by atoms with E-state index >= 15 is 0 Å². The van der Waals surface area contributed by atoms with Crippen molar-refractivity contribution in [2.45, 2.75) is 10.1 Å². The quantitative estimate of drug-likeness (QED) is 0.662. The minimum atomic E-state index is -0.570. The molecule has 6 nitrogen and oxygen atoms in total. The van der Waals surface area contributed by atoms with E-state index in [2.05, 4.69) is 9.97 Å². The summed E-state index contributed by atoms with van der Waals surface area (Å²) in [6, 6.07) is 6.20. The number of nitrogens with zero attached hydrogens (tertiary/aromatic N) is 3. The van der Waals surface area contributed by atoms with Crippen LogP contribution in [0, 0.1) is 21.4 Å². The van der Waals surface area contributed by atoms with Crippen molar-refractivity contribution in [3.63, 3.8) is 0 Å². The Hall–Kier alpha value is -2.33. The van der Waals surface area contributed by atoms with E-state index in [0.717, 1.165) is 4.90 Å². The van der Waals surface area contributed by atoms with Gasteiger partial charge in [-0.3, -0.25) is 10.1 Å². The number of aromatic amines is 1. The third kappa shape index (κ3) is 2.43. The van der Waals surface area contributed by atoms with Crippen molar-refractivity contribution in [2.75, 3.05) is 0 Å². The van der Waals surface area contributed by atoms with Crippen LogP contribution < -0.4 is 0 Å². The summed E-state index contributed by atoms with van der Waals surface area (Å²) in [5.41, 5.74) is -0.136. The second-order valence-electron chi connectivity index (χ2n) is 3.04. The molecule has 1 heterocycles. The molecule has 1 N–H and O–H groups in total.